The Morgan fingerprint density at radius 3 is 2.91 bits per heavy atom. The molecule has 0 bridgehead atoms. The number of aromatic nitrogens is 3. The molecular weight excluding hydrogens is 280 g/mol. The molecule has 3 rings (SSSR count). The average molecular weight is 292 g/mol. The Labute approximate surface area is 126 Å². The van der Waals surface area contributed by atoms with Crippen LogP contribution < -0.4 is 0 Å². The summed E-state index contributed by atoms with van der Waals surface area (Å²) in [7, 11) is 0. The van der Waals surface area contributed by atoms with Crippen LogP contribution in [0.15, 0.2) is 36.7 Å². The third-order valence-corrected chi connectivity index (χ3v) is 3.32. The van der Waals surface area contributed by atoms with Gasteiger partial charge in [0.05, 0.1) is 12.1 Å². The third kappa shape index (κ3) is 2.52. The summed E-state index contributed by atoms with van der Waals surface area (Å²) >= 11 is 0. The fourth-order valence-corrected chi connectivity index (χ4v) is 2.32. The van der Waals surface area contributed by atoms with Gasteiger partial charge in [-0.2, -0.15) is 10.4 Å². The Bertz CT molecular complexity index is 922. The number of carboxylic acids is 1. The second-order valence-corrected chi connectivity index (χ2v) is 5.05. The van der Waals surface area contributed by atoms with Gasteiger partial charge < -0.3 is 5.11 Å². The van der Waals surface area contributed by atoms with Crippen LogP contribution in [-0.2, 0) is 6.54 Å². The number of carbonyl (C=O) groups is 1. The molecule has 0 amide bonds. The molecule has 1 N–H and O–H groups in total. The first-order chi connectivity index (χ1) is 10.6. The van der Waals surface area contributed by atoms with Crippen molar-refractivity contribution >= 4 is 16.9 Å². The number of benzene rings is 1. The molecule has 2 heterocycles. The number of rotatable bonds is 3. The Morgan fingerprint density at radius 1 is 1.41 bits per heavy atom. The first-order valence-electron chi connectivity index (χ1n) is 6.63. The molecule has 0 aliphatic heterocycles. The molecule has 0 saturated carbocycles. The van der Waals surface area contributed by atoms with E-state index < -0.39 is 5.97 Å². The maximum Gasteiger partial charge on any atom is 0.340 e. The van der Waals surface area contributed by atoms with Crippen molar-refractivity contribution in [2.75, 3.05) is 0 Å². The lowest BCUT2D eigenvalue weighted by Crippen LogP contribution is -2.00. The summed E-state index contributed by atoms with van der Waals surface area (Å²) in [4.78, 5) is 15.4. The summed E-state index contributed by atoms with van der Waals surface area (Å²) in [6, 6.07) is 9.66. The fraction of sp³-hybridized carbons (Fsp3) is 0.125. The number of nitrogens with zero attached hydrogens (tertiary/aromatic N) is 4. The number of hydrogen-bond donors (Lipinski definition) is 1. The first kappa shape index (κ1) is 13.8. The van der Waals surface area contributed by atoms with E-state index in [0.717, 1.165) is 22.0 Å². The summed E-state index contributed by atoms with van der Waals surface area (Å²) in [5.41, 5.74) is 2.78. The van der Waals surface area contributed by atoms with Crippen LogP contribution in [0.3, 0.4) is 0 Å². The van der Waals surface area contributed by atoms with Crippen molar-refractivity contribution in [2.24, 2.45) is 0 Å². The van der Waals surface area contributed by atoms with Crippen molar-refractivity contribution < 1.29 is 9.90 Å². The quantitative estimate of drug-likeness (QED) is 0.800. The van der Waals surface area contributed by atoms with Gasteiger partial charge in [0.1, 0.15) is 11.6 Å². The molecule has 3 aromatic rings. The molecule has 1 aromatic carbocycles. The number of fused-ring (bicyclic) bond motifs is 1. The van der Waals surface area contributed by atoms with Crippen LogP contribution in [0.1, 0.15) is 27.2 Å². The van der Waals surface area contributed by atoms with Crippen LogP contribution >= 0.6 is 0 Å². The van der Waals surface area contributed by atoms with E-state index in [9.17, 15) is 4.79 Å². The van der Waals surface area contributed by atoms with Crippen LogP contribution in [0, 0.1) is 18.3 Å². The summed E-state index contributed by atoms with van der Waals surface area (Å²) in [5, 5.41) is 23.0. The van der Waals surface area contributed by atoms with Crippen LogP contribution in [0.4, 0.5) is 0 Å². The lowest BCUT2D eigenvalue weighted by molar-refractivity contribution is 0.0696. The van der Waals surface area contributed by atoms with Crippen LogP contribution in [-0.4, -0.2) is 25.8 Å². The topological polar surface area (TPSA) is 91.8 Å². The minimum atomic E-state index is -1.15. The number of nitriles is 1. The van der Waals surface area contributed by atoms with Gasteiger partial charge in [-0.1, -0.05) is 6.07 Å². The summed E-state index contributed by atoms with van der Waals surface area (Å²) in [6.45, 7) is 2.37. The lowest BCUT2D eigenvalue weighted by atomic mass is 10.1. The van der Waals surface area contributed by atoms with Gasteiger partial charge in [-0.3, -0.25) is 9.67 Å². The van der Waals surface area contributed by atoms with Crippen molar-refractivity contribution in [1.29, 1.82) is 5.26 Å². The Kier molecular flexibility index (Phi) is 3.31. The zero-order valence-electron chi connectivity index (χ0n) is 11.8. The van der Waals surface area contributed by atoms with Gasteiger partial charge in [-0.05, 0) is 36.2 Å². The molecule has 6 heteroatoms. The van der Waals surface area contributed by atoms with Gasteiger partial charge >= 0.3 is 5.97 Å². The first-order valence-corrected chi connectivity index (χ1v) is 6.63. The van der Waals surface area contributed by atoms with Crippen molar-refractivity contribution in [1.82, 2.24) is 14.8 Å². The van der Waals surface area contributed by atoms with E-state index in [2.05, 4.69) is 10.1 Å². The summed E-state index contributed by atoms with van der Waals surface area (Å²) in [6.07, 6.45) is 3.19. The molecule has 0 spiro atoms. The van der Waals surface area contributed by atoms with E-state index in [0.29, 0.717) is 6.54 Å². The molecule has 22 heavy (non-hydrogen) atoms. The summed E-state index contributed by atoms with van der Waals surface area (Å²) in [5.74, 6) is -1.15. The second kappa shape index (κ2) is 5.30. The van der Waals surface area contributed by atoms with E-state index in [1.807, 2.05) is 37.4 Å². The van der Waals surface area contributed by atoms with Crippen LogP contribution in [0.25, 0.3) is 10.9 Å². The molecule has 0 radical (unpaired) electrons. The largest absolute Gasteiger partial charge is 0.478 e. The predicted molar refractivity (Wildman–Crippen MR) is 79.5 cm³/mol. The molecule has 2 aromatic heterocycles. The molecule has 6 nitrogen and oxygen atoms in total. The van der Waals surface area contributed by atoms with Gasteiger partial charge in [-0.15, -0.1) is 0 Å². The highest BCUT2D eigenvalue weighted by Gasteiger charge is 2.15. The normalized spacial score (nSPS) is 10.5. The van der Waals surface area contributed by atoms with Gasteiger partial charge in [0.15, 0.2) is 5.69 Å². The third-order valence-electron chi connectivity index (χ3n) is 3.32. The van der Waals surface area contributed by atoms with Crippen molar-refractivity contribution in [2.45, 2.75) is 13.5 Å². The minimum absolute atomic E-state index is 0.0780. The highest BCUT2D eigenvalue weighted by molar-refractivity contribution is 5.89. The average Bonchev–Trinajstić information content (AvgIpc) is 2.90. The number of pyridine rings is 1. The predicted octanol–water partition coefficient (Wildman–Crippen LogP) is 2.36. The lowest BCUT2D eigenvalue weighted by Gasteiger charge is -2.04. The second-order valence-electron chi connectivity index (χ2n) is 5.05. The number of carboxylic acid groups (broad SMARTS) is 1. The van der Waals surface area contributed by atoms with Crippen molar-refractivity contribution in [3.05, 3.63) is 59.0 Å². The molecule has 108 valence electrons. The van der Waals surface area contributed by atoms with E-state index in [-0.39, 0.29) is 11.3 Å². The zero-order chi connectivity index (χ0) is 15.7. The van der Waals surface area contributed by atoms with Gasteiger partial charge in [0.25, 0.3) is 0 Å². The maximum atomic E-state index is 11.0. The molecule has 0 aliphatic rings. The monoisotopic (exact) mass is 292 g/mol. The van der Waals surface area contributed by atoms with E-state index in [4.69, 9.17) is 10.4 Å². The molecule has 0 fully saturated rings. The highest BCUT2D eigenvalue weighted by Crippen LogP contribution is 2.16. The van der Waals surface area contributed by atoms with E-state index in [1.54, 1.807) is 6.07 Å². The van der Waals surface area contributed by atoms with Crippen molar-refractivity contribution in [3.63, 3.8) is 0 Å². The van der Waals surface area contributed by atoms with Gasteiger partial charge in [0.2, 0.25) is 0 Å². The Hall–Kier alpha value is -3.20. The highest BCUT2D eigenvalue weighted by atomic mass is 16.4. The SMILES string of the molecule is Cc1cnc2ccc(Cn3cc(C(=O)O)c(C#N)n3)cc2c1. The maximum absolute atomic E-state index is 11.0. The number of aryl methyl sites for hydroxylation is 1. The fourth-order valence-electron chi connectivity index (χ4n) is 2.32. The molecule has 0 unspecified atom stereocenters. The summed E-state index contributed by atoms with van der Waals surface area (Å²) < 4.78 is 1.46. The zero-order valence-corrected chi connectivity index (χ0v) is 11.8. The van der Waals surface area contributed by atoms with Gasteiger partial charge in [-0.25, -0.2) is 4.79 Å². The number of aromatic carboxylic acids is 1. The molecular formula is C16H12N4O2. The van der Waals surface area contributed by atoms with Crippen molar-refractivity contribution in [3.8, 4) is 6.07 Å². The molecule has 0 saturated heterocycles. The van der Waals surface area contributed by atoms with E-state index >= 15 is 0 Å². The standard InChI is InChI=1S/C16H12N4O2/c1-10-4-12-5-11(2-3-14(12)18-7-10)8-20-9-13(16(21)22)15(6-17)19-20/h2-5,7,9H,8H2,1H3,(H,21,22). The van der Waals surface area contributed by atoms with Gasteiger partial charge in [0, 0.05) is 17.8 Å². The molecule has 0 atom stereocenters. The van der Waals surface area contributed by atoms with Crippen LogP contribution in [0.2, 0.25) is 0 Å². The smallest absolute Gasteiger partial charge is 0.340 e. The van der Waals surface area contributed by atoms with Crippen LogP contribution in [0.5, 0.6) is 0 Å². The number of hydrogen-bond acceptors (Lipinski definition) is 4. The Morgan fingerprint density at radius 2 is 2.23 bits per heavy atom. The van der Waals surface area contributed by atoms with E-state index in [1.165, 1.54) is 10.9 Å². The minimum Gasteiger partial charge on any atom is -0.478 e. The Balaban J connectivity index is 1.96. The molecule has 0 aliphatic carbocycles.